The lowest BCUT2D eigenvalue weighted by Crippen LogP contribution is -2.49. The lowest BCUT2D eigenvalue weighted by Gasteiger charge is -2.39. The first-order chi connectivity index (χ1) is 12.1. The van der Waals surface area contributed by atoms with Gasteiger partial charge in [-0.15, -0.1) is 0 Å². The van der Waals surface area contributed by atoms with Crippen LogP contribution in [0, 0.1) is 23.1 Å². The second kappa shape index (κ2) is 7.86. The number of urea groups is 1. The number of hydrogen-bond acceptors (Lipinski definition) is 2. The number of nitriles is 1. The third kappa shape index (κ3) is 4.12. The molecule has 1 saturated heterocycles. The Balaban J connectivity index is 1.64. The van der Waals surface area contributed by atoms with Gasteiger partial charge in [-0.05, 0) is 43.4 Å². The Morgan fingerprint density at radius 1 is 1.20 bits per heavy atom. The van der Waals surface area contributed by atoms with Crippen LogP contribution in [0.15, 0.2) is 24.3 Å². The summed E-state index contributed by atoms with van der Waals surface area (Å²) in [5, 5.41) is 12.1. The summed E-state index contributed by atoms with van der Waals surface area (Å²) in [5.74, 6) is -0.146. The molecule has 0 atom stereocenters. The third-order valence-electron chi connectivity index (χ3n) is 5.81. The molecular weight excluding hydrogens is 317 g/mol. The molecule has 0 spiro atoms. The molecule has 25 heavy (non-hydrogen) atoms. The van der Waals surface area contributed by atoms with E-state index in [0.29, 0.717) is 19.6 Å². The SMILES string of the molecule is N#CC1CCN(C(=O)NCC2(c3ccc(F)cc3)CCCCC2)CC1. The van der Waals surface area contributed by atoms with Crippen molar-refractivity contribution in [1.29, 1.82) is 5.26 Å². The number of halogens is 1. The van der Waals surface area contributed by atoms with Gasteiger partial charge in [0.2, 0.25) is 0 Å². The van der Waals surface area contributed by atoms with Crippen LogP contribution in [0.1, 0.15) is 50.5 Å². The average Bonchev–Trinajstić information content (AvgIpc) is 2.67. The van der Waals surface area contributed by atoms with Gasteiger partial charge in [-0.2, -0.15) is 5.26 Å². The molecule has 134 valence electrons. The van der Waals surface area contributed by atoms with Gasteiger partial charge in [0.1, 0.15) is 5.82 Å². The van der Waals surface area contributed by atoms with Gasteiger partial charge in [0.15, 0.2) is 0 Å². The number of rotatable bonds is 3. The van der Waals surface area contributed by atoms with Crippen LogP contribution in [-0.2, 0) is 5.41 Å². The normalized spacial score (nSPS) is 20.7. The average molecular weight is 343 g/mol. The molecule has 1 aromatic rings. The molecule has 3 rings (SSSR count). The number of likely N-dealkylation sites (tertiary alicyclic amines) is 1. The number of piperidine rings is 1. The smallest absolute Gasteiger partial charge is 0.317 e. The highest BCUT2D eigenvalue weighted by Crippen LogP contribution is 2.39. The van der Waals surface area contributed by atoms with Gasteiger partial charge in [0.05, 0.1) is 6.07 Å². The van der Waals surface area contributed by atoms with Gasteiger partial charge >= 0.3 is 6.03 Å². The van der Waals surface area contributed by atoms with Crippen molar-refractivity contribution in [1.82, 2.24) is 10.2 Å². The lowest BCUT2D eigenvalue weighted by molar-refractivity contribution is 0.173. The number of carbonyl (C=O) groups excluding carboxylic acids is 1. The second-order valence-corrected chi connectivity index (χ2v) is 7.40. The van der Waals surface area contributed by atoms with E-state index in [0.717, 1.165) is 44.1 Å². The van der Waals surface area contributed by atoms with E-state index < -0.39 is 0 Å². The minimum atomic E-state index is -0.223. The second-order valence-electron chi connectivity index (χ2n) is 7.40. The summed E-state index contributed by atoms with van der Waals surface area (Å²) >= 11 is 0. The van der Waals surface area contributed by atoms with Gasteiger partial charge in [-0.3, -0.25) is 0 Å². The van der Waals surface area contributed by atoms with Crippen molar-refractivity contribution < 1.29 is 9.18 Å². The summed E-state index contributed by atoms with van der Waals surface area (Å²) in [6.45, 7) is 1.89. The maximum absolute atomic E-state index is 13.3. The molecule has 0 bridgehead atoms. The number of nitrogens with zero attached hydrogens (tertiary/aromatic N) is 2. The molecule has 0 unspecified atom stereocenters. The fraction of sp³-hybridized carbons (Fsp3) is 0.600. The van der Waals surface area contributed by atoms with Gasteiger partial charge in [0, 0.05) is 31.0 Å². The zero-order valence-corrected chi connectivity index (χ0v) is 14.6. The topological polar surface area (TPSA) is 56.1 Å². The molecule has 0 aromatic heterocycles. The summed E-state index contributed by atoms with van der Waals surface area (Å²) in [5.41, 5.74) is 1.03. The molecule has 2 amide bonds. The van der Waals surface area contributed by atoms with Crippen LogP contribution in [0.5, 0.6) is 0 Å². The molecule has 0 radical (unpaired) electrons. The Morgan fingerprint density at radius 3 is 2.44 bits per heavy atom. The predicted octanol–water partition coefficient (Wildman–Crippen LogP) is 3.97. The highest BCUT2D eigenvalue weighted by atomic mass is 19.1. The molecule has 1 aliphatic carbocycles. The van der Waals surface area contributed by atoms with E-state index in [1.807, 2.05) is 17.0 Å². The number of amides is 2. The highest BCUT2D eigenvalue weighted by molar-refractivity contribution is 5.74. The molecule has 5 heteroatoms. The molecule has 2 aliphatic rings. The highest BCUT2D eigenvalue weighted by Gasteiger charge is 2.35. The van der Waals surface area contributed by atoms with Crippen LogP contribution in [0.25, 0.3) is 0 Å². The Labute approximate surface area is 149 Å². The van der Waals surface area contributed by atoms with Crippen molar-refractivity contribution in [2.24, 2.45) is 5.92 Å². The summed E-state index contributed by atoms with van der Waals surface area (Å²) in [6.07, 6.45) is 7.06. The van der Waals surface area contributed by atoms with Gasteiger partial charge in [0.25, 0.3) is 0 Å². The van der Waals surface area contributed by atoms with Crippen molar-refractivity contribution in [2.75, 3.05) is 19.6 Å². The largest absolute Gasteiger partial charge is 0.337 e. The van der Waals surface area contributed by atoms with E-state index in [2.05, 4.69) is 11.4 Å². The minimum Gasteiger partial charge on any atom is -0.337 e. The molecule has 1 aliphatic heterocycles. The van der Waals surface area contributed by atoms with Crippen molar-refractivity contribution in [2.45, 2.75) is 50.4 Å². The molecule has 4 nitrogen and oxygen atoms in total. The molecule has 1 aromatic carbocycles. The predicted molar refractivity (Wildman–Crippen MR) is 94.5 cm³/mol. The molecule has 1 N–H and O–H groups in total. The van der Waals surface area contributed by atoms with Crippen molar-refractivity contribution in [3.05, 3.63) is 35.6 Å². The van der Waals surface area contributed by atoms with Gasteiger partial charge in [-0.1, -0.05) is 31.4 Å². The van der Waals surface area contributed by atoms with Crippen LogP contribution in [0.3, 0.4) is 0 Å². The zero-order valence-electron chi connectivity index (χ0n) is 14.6. The summed E-state index contributed by atoms with van der Waals surface area (Å²) in [6, 6.07) is 9.01. The maximum Gasteiger partial charge on any atom is 0.317 e. The quantitative estimate of drug-likeness (QED) is 0.903. The van der Waals surface area contributed by atoms with Crippen LogP contribution in [0.4, 0.5) is 9.18 Å². The minimum absolute atomic E-state index is 0.0385. The fourth-order valence-corrected chi connectivity index (χ4v) is 4.17. The van der Waals surface area contributed by atoms with E-state index in [9.17, 15) is 9.18 Å². The maximum atomic E-state index is 13.3. The van der Waals surface area contributed by atoms with Crippen LogP contribution in [0.2, 0.25) is 0 Å². The van der Waals surface area contributed by atoms with Gasteiger partial charge in [-0.25, -0.2) is 9.18 Å². The summed E-state index contributed by atoms with van der Waals surface area (Å²) in [7, 11) is 0. The monoisotopic (exact) mass is 343 g/mol. The Kier molecular flexibility index (Phi) is 5.57. The van der Waals surface area contributed by atoms with Gasteiger partial charge < -0.3 is 10.2 Å². The molecule has 1 heterocycles. The number of benzene rings is 1. The molecule has 1 saturated carbocycles. The Bertz CT molecular complexity index is 623. The first kappa shape index (κ1) is 17.7. The third-order valence-corrected chi connectivity index (χ3v) is 5.81. The fourth-order valence-electron chi connectivity index (χ4n) is 4.17. The Hall–Kier alpha value is -2.09. The summed E-state index contributed by atoms with van der Waals surface area (Å²) in [4.78, 5) is 14.3. The number of carbonyl (C=O) groups is 1. The van der Waals surface area contributed by atoms with E-state index in [4.69, 9.17) is 5.26 Å². The van der Waals surface area contributed by atoms with Crippen LogP contribution >= 0.6 is 0 Å². The van der Waals surface area contributed by atoms with E-state index >= 15 is 0 Å². The number of hydrogen-bond donors (Lipinski definition) is 1. The van der Waals surface area contributed by atoms with Crippen molar-refractivity contribution in [3.8, 4) is 6.07 Å². The zero-order chi connectivity index (χ0) is 17.7. The molecule has 2 fully saturated rings. The van der Waals surface area contributed by atoms with Crippen molar-refractivity contribution >= 4 is 6.03 Å². The first-order valence-electron chi connectivity index (χ1n) is 9.31. The molecular formula is C20H26FN3O. The van der Waals surface area contributed by atoms with Crippen LogP contribution in [-0.4, -0.2) is 30.6 Å². The van der Waals surface area contributed by atoms with Crippen LogP contribution < -0.4 is 5.32 Å². The van der Waals surface area contributed by atoms with E-state index in [-0.39, 0.29) is 23.2 Å². The van der Waals surface area contributed by atoms with E-state index in [1.54, 1.807) is 0 Å². The lowest BCUT2D eigenvalue weighted by atomic mass is 9.69. The summed E-state index contributed by atoms with van der Waals surface area (Å²) < 4.78 is 13.3. The standard InChI is InChI=1S/C20H26FN3O/c21-18-6-4-17(5-7-18)20(10-2-1-3-11-20)15-23-19(25)24-12-8-16(14-22)9-13-24/h4-7,16H,1-3,8-13,15H2,(H,23,25). The van der Waals surface area contributed by atoms with Crippen molar-refractivity contribution in [3.63, 3.8) is 0 Å². The Morgan fingerprint density at radius 2 is 1.84 bits per heavy atom. The van der Waals surface area contributed by atoms with E-state index in [1.165, 1.54) is 18.6 Å². The first-order valence-corrected chi connectivity index (χ1v) is 9.31. The number of nitrogens with one attached hydrogen (secondary N) is 1.